The van der Waals surface area contributed by atoms with Crippen molar-refractivity contribution in [3.8, 4) is 0 Å². The van der Waals surface area contributed by atoms with Crippen molar-refractivity contribution in [3.05, 3.63) is 65.5 Å². The summed E-state index contributed by atoms with van der Waals surface area (Å²) in [6, 6.07) is 8.81. The molecule has 0 saturated heterocycles. The van der Waals surface area contributed by atoms with Crippen LogP contribution in [-0.2, 0) is 19.7 Å². The molecule has 1 N–H and O–H groups in total. The first-order valence-corrected chi connectivity index (χ1v) is 8.59. The topological polar surface area (TPSA) is 55.4 Å². The number of para-hydroxylation sites is 1. The number of anilines is 1. The van der Waals surface area contributed by atoms with E-state index in [-0.39, 0.29) is 0 Å². The van der Waals surface area contributed by atoms with E-state index in [0.29, 0.717) is 18.4 Å². The minimum atomic E-state index is -0.933. The smallest absolute Gasteiger partial charge is 0.317 e. The molecule has 1 aliphatic carbocycles. The third-order valence-corrected chi connectivity index (χ3v) is 4.81. The number of hydrogen-bond donors (Lipinski definition) is 1. The fourth-order valence-electron chi connectivity index (χ4n) is 3.42. The van der Waals surface area contributed by atoms with Gasteiger partial charge >= 0.3 is 5.97 Å². The standard InChI is InChI=1S/C20H18F3NO3/c21-14-8-6-13(7-9-14)20(10-1-2-11-20)19(26)27-12-17(25)24-18-15(22)4-3-5-16(18)23/h3-9H,1-2,10-12H2,(H,24,25). The number of carbonyl (C=O) groups excluding carboxylic acids is 2. The molecule has 0 atom stereocenters. The first-order chi connectivity index (χ1) is 12.9. The van der Waals surface area contributed by atoms with Crippen molar-refractivity contribution in [1.82, 2.24) is 0 Å². The fraction of sp³-hybridized carbons (Fsp3) is 0.300. The summed E-state index contributed by atoms with van der Waals surface area (Å²) < 4.78 is 45.5. The molecule has 0 unspecified atom stereocenters. The zero-order chi connectivity index (χ0) is 19.4. The Labute approximate surface area is 154 Å². The van der Waals surface area contributed by atoms with E-state index in [2.05, 4.69) is 5.32 Å². The number of amides is 1. The zero-order valence-corrected chi connectivity index (χ0v) is 14.4. The van der Waals surface area contributed by atoms with Crippen LogP contribution in [0.15, 0.2) is 42.5 Å². The van der Waals surface area contributed by atoms with Gasteiger partial charge in [0, 0.05) is 0 Å². The van der Waals surface area contributed by atoms with E-state index in [4.69, 9.17) is 4.74 Å². The van der Waals surface area contributed by atoms with Crippen molar-refractivity contribution in [2.24, 2.45) is 0 Å². The second kappa shape index (κ2) is 7.82. The molecular formula is C20H18F3NO3. The highest BCUT2D eigenvalue weighted by Gasteiger charge is 2.44. The van der Waals surface area contributed by atoms with Crippen LogP contribution in [0.2, 0.25) is 0 Å². The predicted octanol–water partition coefficient (Wildman–Crippen LogP) is 4.10. The van der Waals surface area contributed by atoms with Crippen LogP contribution in [0.1, 0.15) is 31.2 Å². The summed E-state index contributed by atoms with van der Waals surface area (Å²) in [5.74, 6) is -3.71. The SMILES string of the molecule is O=C(COC(=O)C1(c2ccc(F)cc2)CCCC1)Nc1c(F)cccc1F. The van der Waals surface area contributed by atoms with E-state index in [1.807, 2.05) is 0 Å². The largest absolute Gasteiger partial charge is 0.455 e. The van der Waals surface area contributed by atoms with Crippen molar-refractivity contribution >= 4 is 17.6 Å². The van der Waals surface area contributed by atoms with Gasteiger partial charge in [-0.15, -0.1) is 0 Å². The Morgan fingerprint density at radius 1 is 0.963 bits per heavy atom. The normalized spacial score (nSPS) is 15.4. The fourth-order valence-corrected chi connectivity index (χ4v) is 3.42. The van der Waals surface area contributed by atoms with Crippen LogP contribution in [0, 0.1) is 17.5 Å². The molecule has 0 aliphatic heterocycles. The first kappa shape index (κ1) is 18.9. The number of benzene rings is 2. The molecule has 1 fully saturated rings. The lowest BCUT2D eigenvalue weighted by molar-refractivity contribution is -0.153. The number of carbonyl (C=O) groups is 2. The summed E-state index contributed by atoms with van der Waals surface area (Å²) >= 11 is 0. The van der Waals surface area contributed by atoms with Crippen molar-refractivity contribution in [2.75, 3.05) is 11.9 Å². The molecule has 0 aromatic heterocycles. The molecule has 2 aromatic rings. The van der Waals surface area contributed by atoms with Gasteiger partial charge in [0.1, 0.15) is 23.1 Å². The summed E-state index contributed by atoms with van der Waals surface area (Å²) in [7, 11) is 0. The molecule has 1 amide bonds. The third kappa shape index (κ3) is 3.97. The van der Waals surface area contributed by atoms with Crippen LogP contribution in [0.4, 0.5) is 18.9 Å². The van der Waals surface area contributed by atoms with E-state index < -0.39 is 47.0 Å². The van der Waals surface area contributed by atoms with E-state index in [9.17, 15) is 22.8 Å². The van der Waals surface area contributed by atoms with Gasteiger partial charge in [-0.05, 0) is 42.7 Å². The molecule has 142 valence electrons. The Morgan fingerprint density at radius 2 is 1.56 bits per heavy atom. The van der Waals surface area contributed by atoms with Crippen molar-refractivity contribution < 1.29 is 27.5 Å². The first-order valence-electron chi connectivity index (χ1n) is 8.59. The molecule has 1 saturated carbocycles. The van der Waals surface area contributed by atoms with Gasteiger partial charge in [-0.25, -0.2) is 13.2 Å². The number of halogens is 3. The Bertz CT molecular complexity index is 826. The molecule has 2 aromatic carbocycles. The summed E-state index contributed by atoms with van der Waals surface area (Å²) in [4.78, 5) is 24.6. The van der Waals surface area contributed by atoms with Crippen LogP contribution in [0.3, 0.4) is 0 Å². The van der Waals surface area contributed by atoms with Gasteiger partial charge in [-0.3, -0.25) is 9.59 Å². The van der Waals surface area contributed by atoms with Crippen LogP contribution in [0.25, 0.3) is 0 Å². The zero-order valence-electron chi connectivity index (χ0n) is 14.4. The van der Waals surface area contributed by atoms with E-state index in [1.54, 1.807) is 0 Å². The molecule has 0 heterocycles. The molecule has 3 rings (SSSR count). The summed E-state index contributed by atoms with van der Waals surface area (Å²) in [5.41, 5.74) is -0.892. The van der Waals surface area contributed by atoms with Crippen LogP contribution in [0.5, 0.6) is 0 Å². The third-order valence-electron chi connectivity index (χ3n) is 4.81. The average Bonchev–Trinajstić information content (AvgIpc) is 3.14. The summed E-state index contributed by atoms with van der Waals surface area (Å²) in [6.45, 7) is -0.671. The maximum atomic E-state index is 13.6. The van der Waals surface area contributed by atoms with Crippen LogP contribution in [-0.4, -0.2) is 18.5 Å². The number of ether oxygens (including phenoxy) is 1. The van der Waals surface area contributed by atoms with Gasteiger partial charge in [0.2, 0.25) is 0 Å². The summed E-state index contributed by atoms with van der Waals surface area (Å²) in [6.07, 6.45) is 2.67. The Balaban J connectivity index is 1.68. The van der Waals surface area contributed by atoms with Crippen LogP contribution >= 0.6 is 0 Å². The molecule has 7 heteroatoms. The molecule has 0 bridgehead atoms. The lowest BCUT2D eigenvalue weighted by Gasteiger charge is -2.27. The minimum Gasteiger partial charge on any atom is -0.455 e. The average molecular weight is 377 g/mol. The minimum absolute atomic E-state index is 0.411. The van der Waals surface area contributed by atoms with Gasteiger partial charge in [-0.2, -0.15) is 0 Å². The van der Waals surface area contributed by atoms with E-state index >= 15 is 0 Å². The quantitative estimate of drug-likeness (QED) is 0.799. The Morgan fingerprint density at radius 3 is 2.15 bits per heavy atom. The lowest BCUT2D eigenvalue weighted by Crippen LogP contribution is -2.36. The molecule has 1 aliphatic rings. The Hall–Kier alpha value is -2.83. The summed E-state index contributed by atoms with van der Waals surface area (Å²) in [5, 5.41) is 2.07. The van der Waals surface area contributed by atoms with E-state index in [0.717, 1.165) is 25.0 Å². The molecule has 27 heavy (non-hydrogen) atoms. The van der Waals surface area contributed by atoms with Gasteiger partial charge < -0.3 is 10.1 Å². The number of nitrogens with one attached hydrogen (secondary N) is 1. The number of hydrogen-bond acceptors (Lipinski definition) is 3. The van der Waals surface area contributed by atoms with Gasteiger partial charge in [0.05, 0.1) is 5.41 Å². The van der Waals surface area contributed by atoms with E-state index in [1.165, 1.54) is 30.3 Å². The maximum absolute atomic E-state index is 13.6. The molecule has 0 spiro atoms. The second-order valence-corrected chi connectivity index (χ2v) is 6.52. The highest BCUT2D eigenvalue weighted by atomic mass is 19.1. The van der Waals surface area contributed by atoms with Gasteiger partial charge in [-0.1, -0.05) is 31.0 Å². The highest BCUT2D eigenvalue weighted by molar-refractivity contribution is 5.94. The monoisotopic (exact) mass is 377 g/mol. The molecular weight excluding hydrogens is 359 g/mol. The number of esters is 1. The van der Waals surface area contributed by atoms with Crippen LogP contribution < -0.4 is 5.32 Å². The highest BCUT2D eigenvalue weighted by Crippen LogP contribution is 2.42. The molecule has 4 nitrogen and oxygen atoms in total. The van der Waals surface area contributed by atoms with Crippen molar-refractivity contribution in [2.45, 2.75) is 31.1 Å². The van der Waals surface area contributed by atoms with Crippen molar-refractivity contribution in [3.63, 3.8) is 0 Å². The van der Waals surface area contributed by atoms with Gasteiger partial charge in [0.25, 0.3) is 5.91 Å². The second-order valence-electron chi connectivity index (χ2n) is 6.52. The number of rotatable bonds is 5. The van der Waals surface area contributed by atoms with Crippen molar-refractivity contribution in [1.29, 1.82) is 0 Å². The lowest BCUT2D eigenvalue weighted by atomic mass is 9.79. The maximum Gasteiger partial charge on any atom is 0.317 e. The van der Waals surface area contributed by atoms with Gasteiger partial charge in [0.15, 0.2) is 6.61 Å². The Kier molecular flexibility index (Phi) is 5.48. The molecule has 0 radical (unpaired) electrons. The predicted molar refractivity (Wildman–Crippen MR) is 92.5 cm³/mol.